The van der Waals surface area contributed by atoms with Crippen LogP contribution in [0.15, 0.2) is 63.8 Å². The number of halogens is 1. The molecule has 1 N–H and O–H groups in total. The van der Waals surface area contributed by atoms with Gasteiger partial charge >= 0.3 is 0 Å². The summed E-state index contributed by atoms with van der Waals surface area (Å²) in [5.74, 6) is -1.12. The van der Waals surface area contributed by atoms with Gasteiger partial charge in [-0.05, 0) is 30.7 Å². The number of hydrogen-bond donors (Lipinski definition) is 1. The molecule has 5 heteroatoms. The second-order valence-corrected chi connectivity index (χ2v) is 5.22. The second-order valence-electron chi connectivity index (χ2n) is 5.22. The van der Waals surface area contributed by atoms with Gasteiger partial charge in [-0.25, -0.2) is 4.39 Å². The average Bonchev–Trinajstić information content (AvgIpc) is 2.56. The van der Waals surface area contributed by atoms with Gasteiger partial charge < -0.3 is 9.73 Å². The van der Waals surface area contributed by atoms with Gasteiger partial charge in [0.05, 0.1) is 11.4 Å². The minimum absolute atomic E-state index is 0.100. The first-order valence-corrected chi connectivity index (χ1v) is 7.14. The number of fused-ring (bicyclic) bond motifs is 1. The van der Waals surface area contributed by atoms with Gasteiger partial charge in [-0.15, -0.1) is 0 Å². The molecular formula is C18H14FNO3. The van der Waals surface area contributed by atoms with Gasteiger partial charge in [-0.3, -0.25) is 9.59 Å². The Hall–Kier alpha value is -2.95. The van der Waals surface area contributed by atoms with Crippen molar-refractivity contribution in [2.75, 3.05) is 0 Å². The van der Waals surface area contributed by atoms with Crippen LogP contribution in [-0.4, -0.2) is 5.91 Å². The first-order valence-electron chi connectivity index (χ1n) is 7.14. The highest BCUT2D eigenvalue weighted by Crippen LogP contribution is 2.16. The second kappa shape index (κ2) is 6.04. The summed E-state index contributed by atoms with van der Waals surface area (Å²) in [5, 5.41) is 2.88. The molecule has 3 rings (SSSR count). The Kier molecular flexibility index (Phi) is 3.93. The Labute approximate surface area is 131 Å². The van der Waals surface area contributed by atoms with Gasteiger partial charge in [0.2, 0.25) is 0 Å². The van der Waals surface area contributed by atoms with E-state index in [0.29, 0.717) is 0 Å². The number of hydrogen-bond acceptors (Lipinski definition) is 3. The van der Waals surface area contributed by atoms with Crippen LogP contribution < -0.4 is 10.7 Å². The summed E-state index contributed by atoms with van der Waals surface area (Å²) in [4.78, 5) is 24.3. The molecule has 1 aromatic heterocycles. The zero-order valence-corrected chi connectivity index (χ0v) is 12.4. The van der Waals surface area contributed by atoms with Crippen LogP contribution in [0.5, 0.6) is 0 Å². The molecule has 0 unspecified atom stereocenters. The molecule has 116 valence electrons. The van der Waals surface area contributed by atoms with Crippen molar-refractivity contribution in [2.45, 2.75) is 13.0 Å². The number of rotatable bonds is 3. The minimum atomic E-state index is -0.528. The van der Waals surface area contributed by atoms with Crippen molar-refractivity contribution in [1.82, 2.24) is 5.32 Å². The summed E-state index contributed by atoms with van der Waals surface area (Å²) in [6, 6.07) is 13.9. The Morgan fingerprint density at radius 3 is 2.61 bits per heavy atom. The molecule has 0 aliphatic carbocycles. The molecule has 0 radical (unpaired) electrons. The van der Waals surface area contributed by atoms with E-state index in [1.54, 1.807) is 0 Å². The standard InChI is InChI=1S/C18H14FNO3/c1-11(12-5-3-2-4-6-12)20-18(22)17-10-15(21)14-9-13(19)7-8-16(14)23-17/h2-11H,1H3,(H,20,22)/t11-/m1/s1. The third-order valence-electron chi connectivity index (χ3n) is 3.56. The monoisotopic (exact) mass is 311 g/mol. The SMILES string of the molecule is C[C@@H](NC(=O)c1cc(=O)c2cc(F)ccc2o1)c1ccccc1. The van der Waals surface area contributed by atoms with E-state index in [0.717, 1.165) is 17.7 Å². The quantitative estimate of drug-likeness (QED) is 0.806. The Morgan fingerprint density at radius 2 is 1.87 bits per heavy atom. The fourth-order valence-electron chi connectivity index (χ4n) is 2.33. The molecule has 1 heterocycles. The van der Waals surface area contributed by atoms with Crippen LogP contribution in [0.25, 0.3) is 11.0 Å². The van der Waals surface area contributed by atoms with E-state index in [1.165, 1.54) is 12.1 Å². The van der Waals surface area contributed by atoms with Gasteiger partial charge in [0, 0.05) is 6.07 Å². The van der Waals surface area contributed by atoms with Crippen LogP contribution in [0.1, 0.15) is 29.1 Å². The first-order chi connectivity index (χ1) is 11.0. The number of amides is 1. The van der Waals surface area contributed by atoms with Crippen molar-refractivity contribution in [3.05, 3.63) is 82.0 Å². The fourth-order valence-corrected chi connectivity index (χ4v) is 2.33. The van der Waals surface area contributed by atoms with Crippen LogP contribution >= 0.6 is 0 Å². The Bertz CT molecular complexity index is 918. The third kappa shape index (κ3) is 3.13. The Morgan fingerprint density at radius 1 is 1.13 bits per heavy atom. The summed E-state index contributed by atoms with van der Waals surface area (Å²) >= 11 is 0. The molecule has 0 aliphatic heterocycles. The maximum absolute atomic E-state index is 13.2. The van der Waals surface area contributed by atoms with Gasteiger partial charge in [0.25, 0.3) is 5.91 Å². The van der Waals surface area contributed by atoms with Gasteiger partial charge in [-0.2, -0.15) is 0 Å². The van der Waals surface area contributed by atoms with E-state index in [1.807, 2.05) is 37.3 Å². The lowest BCUT2D eigenvalue weighted by Gasteiger charge is -2.13. The Balaban J connectivity index is 1.89. The lowest BCUT2D eigenvalue weighted by Crippen LogP contribution is -2.27. The largest absolute Gasteiger partial charge is 0.451 e. The van der Waals surface area contributed by atoms with Crippen molar-refractivity contribution in [1.29, 1.82) is 0 Å². The molecule has 0 aliphatic rings. The zero-order chi connectivity index (χ0) is 16.4. The molecule has 0 fully saturated rings. The van der Waals surface area contributed by atoms with Crippen molar-refractivity contribution in [2.24, 2.45) is 0 Å². The summed E-state index contributed by atoms with van der Waals surface area (Å²) < 4.78 is 18.6. The maximum Gasteiger partial charge on any atom is 0.287 e. The maximum atomic E-state index is 13.2. The normalized spacial score (nSPS) is 12.1. The van der Waals surface area contributed by atoms with E-state index in [-0.39, 0.29) is 22.8 Å². The van der Waals surface area contributed by atoms with Crippen LogP contribution in [0, 0.1) is 5.82 Å². The van der Waals surface area contributed by atoms with Crippen LogP contribution in [0.3, 0.4) is 0 Å². The third-order valence-corrected chi connectivity index (χ3v) is 3.56. The van der Waals surface area contributed by atoms with E-state index in [9.17, 15) is 14.0 Å². The van der Waals surface area contributed by atoms with Crippen molar-refractivity contribution in [3.8, 4) is 0 Å². The number of carbonyl (C=O) groups excluding carboxylic acids is 1. The van der Waals surface area contributed by atoms with E-state index >= 15 is 0 Å². The first kappa shape index (κ1) is 15.0. The van der Waals surface area contributed by atoms with Gasteiger partial charge in [0.15, 0.2) is 11.2 Å². The molecule has 0 bridgehead atoms. The number of nitrogens with one attached hydrogen (secondary N) is 1. The summed E-state index contributed by atoms with van der Waals surface area (Å²) in [6.45, 7) is 1.84. The number of carbonyl (C=O) groups is 1. The molecule has 3 aromatic rings. The summed E-state index contributed by atoms with van der Waals surface area (Å²) in [7, 11) is 0. The van der Waals surface area contributed by atoms with E-state index in [2.05, 4.69) is 5.32 Å². The van der Waals surface area contributed by atoms with Crippen molar-refractivity contribution >= 4 is 16.9 Å². The summed E-state index contributed by atoms with van der Waals surface area (Å²) in [6.07, 6.45) is 0. The van der Waals surface area contributed by atoms with Crippen LogP contribution in [-0.2, 0) is 0 Å². The molecule has 23 heavy (non-hydrogen) atoms. The predicted octanol–water partition coefficient (Wildman–Crippen LogP) is 3.42. The molecule has 4 nitrogen and oxygen atoms in total. The van der Waals surface area contributed by atoms with Crippen LogP contribution in [0.4, 0.5) is 4.39 Å². The lowest BCUT2D eigenvalue weighted by molar-refractivity contribution is 0.0912. The minimum Gasteiger partial charge on any atom is -0.451 e. The average molecular weight is 311 g/mol. The topological polar surface area (TPSA) is 59.3 Å². The smallest absolute Gasteiger partial charge is 0.287 e. The highest BCUT2D eigenvalue weighted by molar-refractivity contribution is 5.93. The fraction of sp³-hybridized carbons (Fsp3) is 0.111. The molecule has 1 atom stereocenters. The molecular weight excluding hydrogens is 297 g/mol. The van der Waals surface area contributed by atoms with Gasteiger partial charge in [0.1, 0.15) is 11.4 Å². The van der Waals surface area contributed by atoms with Gasteiger partial charge in [-0.1, -0.05) is 30.3 Å². The molecule has 0 saturated heterocycles. The van der Waals surface area contributed by atoms with E-state index in [4.69, 9.17) is 4.42 Å². The zero-order valence-electron chi connectivity index (χ0n) is 12.4. The predicted molar refractivity (Wildman–Crippen MR) is 84.8 cm³/mol. The molecule has 0 spiro atoms. The molecule has 0 saturated carbocycles. The van der Waals surface area contributed by atoms with Crippen molar-refractivity contribution < 1.29 is 13.6 Å². The van der Waals surface area contributed by atoms with E-state index < -0.39 is 17.2 Å². The molecule has 1 amide bonds. The molecule has 2 aromatic carbocycles. The van der Waals surface area contributed by atoms with Crippen LogP contribution in [0.2, 0.25) is 0 Å². The highest BCUT2D eigenvalue weighted by atomic mass is 19.1. The van der Waals surface area contributed by atoms with Crippen molar-refractivity contribution in [3.63, 3.8) is 0 Å². The highest BCUT2D eigenvalue weighted by Gasteiger charge is 2.15. The summed E-state index contributed by atoms with van der Waals surface area (Å²) in [5.41, 5.74) is 0.658. The lowest BCUT2D eigenvalue weighted by atomic mass is 10.1. The number of benzene rings is 2.